The molecule has 2 heterocycles. The summed E-state index contributed by atoms with van der Waals surface area (Å²) in [5.74, 6) is -0.229. The van der Waals surface area contributed by atoms with Crippen molar-refractivity contribution in [1.82, 2.24) is 5.32 Å². The molecule has 0 spiro atoms. The van der Waals surface area contributed by atoms with Crippen molar-refractivity contribution in [3.8, 4) is 0 Å². The van der Waals surface area contributed by atoms with Gasteiger partial charge in [0.25, 0.3) is 0 Å². The molecule has 0 aromatic rings. The highest BCUT2D eigenvalue weighted by Crippen LogP contribution is 2.30. The molecule has 0 aliphatic carbocycles. The molecule has 12 unspecified atom stereocenters. The number of carbonyl (C=O) groups excluding carboxylic acids is 1. The molecule has 14 nitrogen and oxygen atoms in total. The van der Waals surface area contributed by atoms with E-state index in [0.29, 0.717) is 0 Å². The first kappa shape index (κ1) is 88.8. The molecule has 0 saturated carbocycles. The van der Waals surface area contributed by atoms with Gasteiger partial charge in [0.2, 0.25) is 5.91 Å². The highest BCUT2D eigenvalue weighted by molar-refractivity contribution is 5.76. The predicted octanol–water partition coefficient (Wildman–Crippen LogP) is 18.5. The number of aliphatic hydroxyl groups excluding tert-OH is 8. The van der Waals surface area contributed by atoms with Crippen molar-refractivity contribution < 1.29 is 64.6 Å². The first-order chi connectivity index (χ1) is 46.1. The summed E-state index contributed by atoms with van der Waals surface area (Å²) in [6.45, 7) is 2.88. The van der Waals surface area contributed by atoms with Gasteiger partial charge in [-0.15, -0.1) is 0 Å². The maximum Gasteiger partial charge on any atom is 0.220 e. The summed E-state index contributed by atoms with van der Waals surface area (Å²) in [5, 5.41) is 87.7. The van der Waals surface area contributed by atoms with E-state index in [0.717, 1.165) is 44.9 Å². The van der Waals surface area contributed by atoms with Crippen molar-refractivity contribution in [3.63, 3.8) is 0 Å². The van der Waals surface area contributed by atoms with Crippen LogP contribution in [0.15, 0.2) is 12.2 Å². The molecule has 14 heteroatoms. The second kappa shape index (κ2) is 65.1. The Morgan fingerprint density at radius 3 is 0.979 bits per heavy atom. The minimum atomic E-state index is -1.79. The summed E-state index contributed by atoms with van der Waals surface area (Å²) >= 11 is 0. The van der Waals surface area contributed by atoms with E-state index in [4.69, 9.17) is 18.9 Å². The van der Waals surface area contributed by atoms with Crippen molar-refractivity contribution in [1.29, 1.82) is 0 Å². The highest BCUT2D eigenvalue weighted by atomic mass is 16.7. The summed E-state index contributed by atoms with van der Waals surface area (Å²) in [7, 11) is 0. The number of allylic oxidation sites excluding steroid dienone is 1. The van der Waals surface area contributed by atoms with E-state index in [-0.39, 0.29) is 18.9 Å². The normalized spacial score (nSPS) is 22.4. The van der Waals surface area contributed by atoms with Crippen LogP contribution in [0.4, 0.5) is 0 Å². The Bertz CT molecular complexity index is 1620. The monoisotopic (exact) mass is 1340 g/mol. The Morgan fingerprint density at radius 1 is 0.372 bits per heavy atom. The van der Waals surface area contributed by atoms with E-state index < -0.39 is 86.8 Å². The van der Waals surface area contributed by atoms with Crippen LogP contribution < -0.4 is 5.32 Å². The maximum atomic E-state index is 13.4. The molecule has 2 aliphatic heterocycles. The summed E-state index contributed by atoms with van der Waals surface area (Å²) in [6, 6.07) is -0.912. The van der Waals surface area contributed by atoms with Crippen molar-refractivity contribution in [3.05, 3.63) is 12.2 Å². The van der Waals surface area contributed by atoms with Gasteiger partial charge in [-0.05, 0) is 19.3 Å². The van der Waals surface area contributed by atoms with E-state index in [2.05, 4.69) is 19.2 Å². The van der Waals surface area contributed by atoms with Crippen LogP contribution in [0, 0.1) is 0 Å². The summed E-state index contributed by atoms with van der Waals surface area (Å²) < 4.78 is 22.9. The van der Waals surface area contributed by atoms with Crippen LogP contribution in [0.1, 0.15) is 399 Å². The molecular weight excluding hydrogens is 1180 g/mol. The van der Waals surface area contributed by atoms with E-state index in [1.807, 2.05) is 6.08 Å². The van der Waals surface area contributed by atoms with Gasteiger partial charge in [0.15, 0.2) is 12.6 Å². The largest absolute Gasteiger partial charge is 0.394 e. The van der Waals surface area contributed by atoms with Crippen molar-refractivity contribution in [2.75, 3.05) is 19.8 Å². The van der Waals surface area contributed by atoms with Crippen LogP contribution in [-0.2, 0) is 23.7 Å². The summed E-state index contributed by atoms with van der Waals surface area (Å²) in [5.41, 5.74) is 0. The molecule has 0 aromatic heterocycles. The average molecular weight is 1340 g/mol. The fourth-order valence-corrected chi connectivity index (χ4v) is 14.0. The van der Waals surface area contributed by atoms with Crippen LogP contribution in [0.3, 0.4) is 0 Å². The standard InChI is InChI=1S/C80H155NO13/c1-3-5-7-9-11-13-15-17-19-21-23-25-27-29-30-31-32-33-34-35-36-37-38-39-40-42-44-46-48-50-52-54-56-58-60-62-64-72(85)81-68(67-91-79-77(90)75(88)78(71(66-83)93-79)94-80-76(89)74(87)73(86)70(65-82)92-80)69(84)63-61-59-57-55-53-51-49-47-45-43-41-28-26-24-22-20-18-16-14-12-10-8-6-4-2/h61,63,68-71,73-80,82-84,86-90H,3-60,62,64-67H2,1-2H3,(H,81,85)/b63-61+. The number of ether oxygens (including phenoxy) is 4. The summed E-state index contributed by atoms with van der Waals surface area (Å²) in [4.78, 5) is 13.4. The van der Waals surface area contributed by atoms with Crippen LogP contribution in [0.5, 0.6) is 0 Å². The smallest absolute Gasteiger partial charge is 0.220 e. The minimum absolute atomic E-state index is 0.229. The molecule has 0 bridgehead atoms. The molecule has 2 saturated heterocycles. The Balaban J connectivity index is 1.58. The lowest BCUT2D eigenvalue weighted by Crippen LogP contribution is -2.65. The lowest BCUT2D eigenvalue weighted by atomic mass is 9.97. The van der Waals surface area contributed by atoms with E-state index >= 15 is 0 Å². The van der Waals surface area contributed by atoms with Gasteiger partial charge in [0.05, 0.1) is 32.0 Å². The van der Waals surface area contributed by atoms with Gasteiger partial charge in [0, 0.05) is 6.42 Å². The third-order valence-electron chi connectivity index (χ3n) is 20.5. The van der Waals surface area contributed by atoms with Crippen molar-refractivity contribution >= 4 is 5.91 Å². The fourth-order valence-electron chi connectivity index (χ4n) is 14.0. The number of amides is 1. The molecule has 12 atom stereocenters. The molecule has 2 aliphatic rings. The van der Waals surface area contributed by atoms with Gasteiger partial charge in [0.1, 0.15) is 48.8 Å². The molecule has 2 rings (SSSR count). The number of hydrogen-bond donors (Lipinski definition) is 9. The lowest BCUT2D eigenvalue weighted by Gasteiger charge is -2.46. The summed E-state index contributed by atoms with van der Waals surface area (Å²) in [6.07, 6.45) is 65.9. The Labute approximate surface area is 577 Å². The molecular formula is C80H155NO13. The zero-order chi connectivity index (χ0) is 68.0. The number of carbonyl (C=O) groups is 1. The van der Waals surface area contributed by atoms with Crippen LogP contribution >= 0.6 is 0 Å². The van der Waals surface area contributed by atoms with Crippen LogP contribution in [0.2, 0.25) is 0 Å². The van der Waals surface area contributed by atoms with Gasteiger partial charge >= 0.3 is 0 Å². The van der Waals surface area contributed by atoms with Gasteiger partial charge in [-0.25, -0.2) is 0 Å². The molecule has 94 heavy (non-hydrogen) atoms. The highest BCUT2D eigenvalue weighted by Gasteiger charge is 2.51. The maximum absolute atomic E-state index is 13.4. The van der Waals surface area contributed by atoms with Crippen LogP contribution in [0.25, 0.3) is 0 Å². The Kier molecular flexibility index (Phi) is 61.5. The number of rotatable bonds is 70. The van der Waals surface area contributed by atoms with Crippen LogP contribution in [-0.4, -0.2) is 140 Å². The quantitative estimate of drug-likeness (QED) is 0.0204. The number of unbranched alkanes of at least 4 members (excludes halogenated alkanes) is 57. The van der Waals surface area contributed by atoms with E-state index in [1.165, 1.54) is 334 Å². The predicted molar refractivity (Wildman–Crippen MR) is 388 cm³/mol. The van der Waals surface area contributed by atoms with Gasteiger partial charge in [-0.3, -0.25) is 4.79 Å². The SMILES string of the molecule is CCCCCCCCCCCCCCCCCCCCCCCC/C=C/C(O)C(COC1OC(CO)C(OC2OC(CO)C(O)C(O)C2O)C(O)C1O)NC(=O)CCCCCCCCCCCCCCCCCCCCCCCCCCCCCCCCCCCCCC. The Hall–Kier alpha value is -1.27. The second-order valence-corrected chi connectivity index (χ2v) is 29.3. The van der Waals surface area contributed by atoms with E-state index in [1.54, 1.807) is 6.08 Å². The minimum Gasteiger partial charge on any atom is -0.394 e. The molecule has 2 fully saturated rings. The molecule has 9 N–H and O–H groups in total. The zero-order valence-corrected chi connectivity index (χ0v) is 61.2. The lowest BCUT2D eigenvalue weighted by molar-refractivity contribution is -0.359. The third kappa shape index (κ3) is 47.7. The molecule has 558 valence electrons. The fraction of sp³-hybridized carbons (Fsp3) is 0.963. The zero-order valence-electron chi connectivity index (χ0n) is 61.2. The van der Waals surface area contributed by atoms with Crippen molar-refractivity contribution in [2.24, 2.45) is 0 Å². The van der Waals surface area contributed by atoms with E-state index in [9.17, 15) is 45.6 Å². The first-order valence-electron chi connectivity index (χ1n) is 40.9. The topological polar surface area (TPSA) is 228 Å². The van der Waals surface area contributed by atoms with Gasteiger partial charge in [-0.1, -0.05) is 386 Å². The second-order valence-electron chi connectivity index (χ2n) is 29.3. The van der Waals surface area contributed by atoms with Crippen molar-refractivity contribution in [2.45, 2.75) is 473 Å². The van der Waals surface area contributed by atoms with Gasteiger partial charge in [-0.2, -0.15) is 0 Å². The first-order valence-corrected chi connectivity index (χ1v) is 40.9. The Morgan fingerprint density at radius 2 is 0.660 bits per heavy atom. The third-order valence-corrected chi connectivity index (χ3v) is 20.5. The number of nitrogens with one attached hydrogen (secondary N) is 1. The number of aliphatic hydroxyl groups is 8. The van der Waals surface area contributed by atoms with Gasteiger partial charge < -0.3 is 65.1 Å². The average Bonchev–Trinajstić information content (AvgIpc) is 0.794. The molecule has 0 aromatic carbocycles. The number of hydrogen-bond acceptors (Lipinski definition) is 13. The molecule has 1 amide bonds. The molecule has 0 radical (unpaired) electrons.